The van der Waals surface area contributed by atoms with Crippen LogP contribution in [0.2, 0.25) is 0 Å². The average molecular weight is 638 g/mol. The first-order chi connectivity index (χ1) is 13.1. The highest BCUT2D eigenvalue weighted by Gasteiger charge is 2.94. The second-order valence-electron chi connectivity index (χ2n) is 8.92. The highest BCUT2D eigenvalue weighted by atomic mass is 35.5. The van der Waals surface area contributed by atoms with E-state index in [4.69, 9.17) is 139 Å². The number of halogens is 12. The molecule has 0 saturated heterocycles. The molecule has 4 fully saturated rings. The Balaban J connectivity index is 1.62. The van der Waals surface area contributed by atoms with Crippen molar-refractivity contribution in [3.05, 3.63) is 20.1 Å². The van der Waals surface area contributed by atoms with Crippen LogP contribution in [0.4, 0.5) is 0 Å². The Kier molecular flexibility index (Phi) is 4.39. The third kappa shape index (κ3) is 1.72. The Labute approximate surface area is 227 Å². The van der Waals surface area contributed by atoms with Crippen LogP contribution in [0.5, 0.6) is 0 Å². The van der Waals surface area contributed by atoms with E-state index in [0.717, 1.165) is 0 Å². The summed E-state index contributed by atoms with van der Waals surface area (Å²) in [6.45, 7) is 0. The lowest BCUT2D eigenvalue weighted by Gasteiger charge is -2.49. The van der Waals surface area contributed by atoms with E-state index in [1.54, 1.807) is 0 Å². The first kappa shape index (κ1) is 22.4. The van der Waals surface area contributed by atoms with Crippen molar-refractivity contribution < 1.29 is 0 Å². The maximum Gasteiger partial charge on any atom is 0.166 e. The molecule has 8 unspecified atom stereocenters. The number of allylic oxidation sites excluding steroid dienone is 4. The molecular formula is C17H8Cl12. The van der Waals surface area contributed by atoms with Crippen LogP contribution in [0, 0.1) is 35.5 Å². The standard InChI is InChI=1S/C17H8Cl12/c18-8-10(20)14(24)6-3-1-2(4(6)12(8,22)16(14,26)27)5-7(3)15(25)11(21)9(19)13(5,23)17(15,28)29/h2-7H,1H2. The summed E-state index contributed by atoms with van der Waals surface area (Å²) in [7, 11) is 0. The Hall–Kier alpha value is 2.96. The first-order valence-corrected chi connectivity index (χ1v) is 13.3. The van der Waals surface area contributed by atoms with Gasteiger partial charge in [-0.1, -0.05) is 92.8 Å². The van der Waals surface area contributed by atoms with Crippen molar-refractivity contribution in [3.63, 3.8) is 0 Å². The summed E-state index contributed by atoms with van der Waals surface area (Å²) in [5.74, 6) is -1.48. The fourth-order valence-electron chi connectivity index (χ4n) is 7.72. The largest absolute Gasteiger partial charge is 0.166 e. The molecule has 0 nitrogen and oxygen atoms in total. The molecule has 6 bridgehead atoms. The van der Waals surface area contributed by atoms with Crippen LogP contribution < -0.4 is 0 Å². The molecule has 6 aliphatic carbocycles. The lowest BCUT2D eigenvalue weighted by molar-refractivity contribution is 0.0959. The summed E-state index contributed by atoms with van der Waals surface area (Å²) in [6, 6.07) is 0. The van der Waals surface area contributed by atoms with E-state index < -0.39 is 28.2 Å². The van der Waals surface area contributed by atoms with Gasteiger partial charge in [-0.2, -0.15) is 0 Å². The molecule has 6 rings (SSSR count). The van der Waals surface area contributed by atoms with Gasteiger partial charge in [-0.05, 0) is 41.9 Å². The maximum atomic E-state index is 7.09. The van der Waals surface area contributed by atoms with Crippen LogP contribution in [0.15, 0.2) is 20.1 Å². The van der Waals surface area contributed by atoms with Crippen LogP contribution in [0.25, 0.3) is 0 Å². The van der Waals surface area contributed by atoms with E-state index in [2.05, 4.69) is 0 Å². The molecule has 12 heteroatoms. The Bertz CT molecular complexity index is 825. The molecule has 0 N–H and O–H groups in total. The lowest BCUT2D eigenvalue weighted by atomic mass is 9.61. The predicted octanol–water partition coefficient (Wildman–Crippen LogP) is 8.79. The normalized spacial score (nSPS) is 62.5. The molecule has 0 aromatic heterocycles. The monoisotopic (exact) mass is 632 g/mol. The van der Waals surface area contributed by atoms with Gasteiger partial charge in [0.25, 0.3) is 0 Å². The zero-order valence-electron chi connectivity index (χ0n) is 13.7. The van der Waals surface area contributed by atoms with Crippen molar-refractivity contribution in [2.24, 2.45) is 35.5 Å². The van der Waals surface area contributed by atoms with Crippen LogP contribution in [-0.2, 0) is 0 Å². The minimum absolute atomic E-state index is 0.128. The van der Waals surface area contributed by atoms with E-state index in [1.807, 2.05) is 0 Å². The van der Waals surface area contributed by atoms with Gasteiger partial charge < -0.3 is 0 Å². The molecule has 0 aromatic carbocycles. The van der Waals surface area contributed by atoms with Gasteiger partial charge in [0.1, 0.15) is 19.5 Å². The molecule has 0 heterocycles. The van der Waals surface area contributed by atoms with E-state index in [0.29, 0.717) is 6.42 Å². The molecule has 0 spiro atoms. The average Bonchev–Trinajstić information content (AvgIpc) is 3.33. The molecule has 0 amide bonds. The summed E-state index contributed by atoms with van der Waals surface area (Å²) < 4.78 is -3.25. The van der Waals surface area contributed by atoms with Gasteiger partial charge in [-0.25, -0.2) is 0 Å². The van der Waals surface area contributed by atoms with Gasteiger partial charge >= 0.3 is 0 Å². The summed E-state index contributed by atoms with van der Waals surface area (Å²) in [4.78, 5) is -5.49. The smallest absolute Gasteiger partial charge is 0.109 e. The van der Waals surface area contributed by atoms with Crippen LogP contribution in [0.1, 0.15) is 6.42 Å². The molecule has 4 saturated carbocycles. The third-order valence-electron chi connectivity index (χ3n) is 8.49. The minimum Gasteiger partial charge on any atom is -0.109 e. The zero-order chi connectivity index (χ0) is 21.5. The van der Waals surface area contributed by atoms with Gasteiger partial charge in [0.15, 0.2) is 8.67 Å². The van der Waals surface area contributed by atoms with Crippen LogP contribution >= 0.6 is 139 Å². The van der Waals surface area contributed by atoms with Crippen LogP contribution in [-0.4, -0.2) is 28.2 Å². The predicted molar refractivity (Wildman–Crippen MR) is 126 cm³/mol. The van der Waals surface area contributed by atoms with Gasteiger partial charge in [-0.15, -0.1) is 46.4 Å². The molecule has 8 atom stereocenters. The third-order valence-corrected chi connectivity index (χ3v) is 17.1. The number of hydrogen-bond acceptors (Lipinski definition) is 0. The highest BCUT2D eigenvalue weighted by molar-refractivity contribution is 6.67. The number of fused-ring (bicyclic) bond motifs is 16. The maximum absolute atomic E-state index is 7.09. The van der Waals surface area contributed by atoms with Gasteiger partial charge in [0, 0.05) is 0 Å². The lowest BCUT2D eigenvalue weighted by Crippen LogP contribution is -2.51. The van der Waals surface area contributed by atoms with Crippen molar-refractivity contribution in [1.29, 1.82) is 0 Å². The number of alkyl halides is 8. The van der Waals surface area contributed by atoms with E-state index in [-0.39, 0.29) is 55.6 Å². The Morgan fingerprint density at radius 2 is 0.655 bits per heavy atom. The summed E-state index contributed by atoms with van der Waals surface area (Å²) in [6.07, 6.45) is 0.715. The summed E-state index contributed by atoms with van der Waals surface area (Å²) in [5, 5.41) is 0.671. The molecule has 0 aromatic rings. The van der Waals surface area contributed by atoms with Gasteiger partial charge in [-0.3, -0.25) is 0 Å². The minimum atomic E-state index is -1.62. The van der Waals surface area contributed by atoms with Crippen molar-refractivity contribution in [2.75, 3.05) is 0 Å². The molecule has 0 aliphatic heterocycles. The molecule has 6 aliphatic rings. The van der Waals surface area contributed by atoms with E-state index >= 15 is 0 Å². The number of rotatable bonds is 0. The quantitative estimate of drug-likeness (QED) is 0.184. The topological polar surface area (TPSA) is 0 Å². The molecule has 160 valence electrons. The fourth-order valence-corrected chi connectivity index (χ4v) is 14.0. The second kappa shape index (κ2) is 5.68. The van der Waals surface area contributed by atoms with Gasteiger partial charge in [0.2, 0.25) is 0 Å². The molecule has 0 radical (unpaired) electrons. The highest BCUT2D eigenvalue weighted by Crippen LogP contribution is 2.90. The molecule has 29 heavy (non-hydrogen) atoms. The van der Waals surface area contributed by atoms with E-state index in [9.17, 15) is 0 Å². The SMILES string of the molecule is ClC1=C(Cl)C2(Cl)C3C4CC(C3C1(Cl)C2(Cl)Cl)C1C4C2(Cl)C(Cl)=C(Cl)C1(Cl)C2(Cl)Cl. The first-order valence-electron chi connectivity index (χ1n) is 8.74. The zero-order valence-corrected chi connectivity index (χ0v) is 22.8. The molecular weight excluding hydrogens is 630 g/mol. The number of hydrogen-bond donors (Lipinski definition) is 0. The fraction of sp³-hybridized carbons (Fsp3) is 0.765. The Morgan fingerprint density at radius 1 is 0.448 bits per heavy atom. The second-order valence-corrected chi connectivity index (χ2v) is 15.5. The van der Waals surface area contributed by atoms with Crippen molar-refractivity contribution in [3.8, 4) is 0 Å². The van der Waals surface area contributed by atoms with Crippen molar-refractivity contribution in [2.45, 2.75) is 34.6 Å². The van der Waals surface area contributed by atoms with E-state index in [1.165, 1.54) is 0 Å². The van der Waals surface area contributed by atoms with Crippen molar-refractivity contribution >= 4 is 139 Å². The Morgan fingerprint density at radius 3 is 0.862 bits per heavy atom. The van der Waals surface area contributed by atoms with Gasteiger partial charge in [0.05, 0.1) is 20.1 Å². The summed E-state index contributed by atoms with van der Waals surface area (Å²) >= 11 is 81.8. The van der Waals surface area contributed by atoms with Crippen LogP contribution in [0.3, 0.4) is 0 Å². The van der Waals surface area contributed by atoms with Crippen molar-refractivity contribution in [1.82, 2.24) is 0 Å². The summed E-state index contributed by atoms with van der Waals surface area (Å²) in [5.41, 5.74) is 0.